The lowest BCUT2D eigenvalue weighted by atomic mass is 9.94. The molecule has 0 radical (unpaired) electrons. The second-order valence-corrected chi connectivity index (χ2v) is 5.82. The molecule has 7 nitrogen and oxygen atoms in total. The smallest absolute Gasteiger partial charge is 0.244 e. The van der Waals surface area contributed by atoms with E-state index in [1.807, 2.05) is 0 Å². The van der Waals surface area contributed by atoms with E-state index in [2.05, 4.69) is 25.4 Å². The molecule has 7 heteroatoms. The summed E-state index contributed by atoms with van der Waals surface area (Å²) in [4.78, 5) is 6.88. The lowest BCUT2D eigenvalue weighted by Gasteiger charge is -2.24. The summed E-state index contributed by atoms with van der Waals surface area (Å²) in [6.45, 7) is 5.04. The first kappa shape index (κ1) is 12.6. The van der Waals surface area contributed by atoms with Crippen molar-refractivity contribution in [1.29, 1.82) is 0 Å². The van der Waals surface area contributed by atoms with E-state index < -0.39 is 0 Å². The third-order valence-corrected chi connectivity index (χ3v) is 4.49. The number of hydrogen-bond acceptors (Lipinski definition) is 6. The molecule has 0 bridgehead atoms. The van der Waals surface area contributed by atoms with E-state index in [1.165, 1.54) is 12.8 Å². The SMILES string of the molecule is C1CNC2CN(c3n[nH]c(C4COCCO4)n3)CC2C1. The summed E-state index contributed by atoms with van der Waals surface area (Å²) >= 11 is 0. The van der Waals surface area contributed by atoms with Gasteiger partial charge in [-0.25, -0.2) is 0 Å². The number of H-pyrrole nitrogens is 1. The zero-order chi connectivity index (χ0) is 13.4. The summed E-state index contributed by atoms with van der Waals surface area (Å²) in [7, 11) is 0. The van der Waals surface area contributed by atoms with E-state index in [4.69, 9.17) is 9.47 Å². The maximum Gasteiger partial charge on any atom is 0.244 e. The van der Waals surface area contributed by atoms with Gasteiger partial charge < -0.3 is 19.7 Å². The molecule has 0 amide bonds. The van der Waals surface area contributed by atoms with Gasteiger partial charge in [-0.05, 0) is 25.3 Å². The van der Waals surface area contributed by atoms with E-state index in [0.717, 1.165) is 37.3 Å². The number of ether oxygens (including phenoxy) is 2. The first-order chi connectivity index (χ1) is 9.90. The van der Waals surface area contributed by atoms with Gasteiger partial charge in [0.25, 0.3) is 0 Å². The Balaban J connectivity index is 1.45. The minimum atomic E-state index is -0.104. The molecule has 110 valence electrons. The lowest BCUT2D eigenvalue weighted by molar-refractivity contribution is -0.0933. The van der Waals surface area contributed by atoms with Crippen LogP contribution in [0.5, 0.6) is 0 Å². The first-order valence-electron chi connectivity index (χ1n) is 7.50. The monoisotopic (exact) mass is 279 g/mol. The van der Waals surface area contributed by atoms with E-state index in [-0.39, 0.29) is 6.10 Å². The van der Waals surface area contributed by atoms with Crippen molar-refractivity contribution in [1.82, 2.24) is 20.5 Å². The van der Waals surface area contributed by atoms with Gasteiger partial charge in [0, 0.05) is 19.1 Å². The molecule has 3 fully saturated rings. The Morgan fingerprint density at radius 2 is 2.25 bits per heavy atom. The van der Waals surface area contributed by atoms with Crippen LogP contribution in [0.4, 0.5) is 5.95 Å². The van der Waals surface area contributed by atoms with E-state index in [9.17, 15) is 0 Å². The van der Waals surface area contributed by atoms with Gasteiger partial charge in [-0.3, -0.25) is 5.10 Å². The maximum absolute atomic E-state index is 5.64. The first-order valence-corrected chi connectivity index (χ1v) is 7.50. The predicted octanol–water partition coefficient (Wildman–Crippen LogP) is 0.0808. The zero-order valence-electron chi connectivity index (χ0n) is 11.5. The molecule has 20 heavy (non-hydrogen) atoms. The summed E-state index contributed by atoms with van der Waals surface area (Å²) in [6, 6.07) is 0.597. The molecule has 2 N–H and O–H groups in total. The number of nitrogens with zero attached hydrogens (tertiary/aromatic N) is 3. The minimum absolute atomic E-state index is 0.104. The summed E-state index contributed by atoms with van der Waals surface area (Å²) in [5.41, 5.74) is 0. The number of fused-ring (bicyclic) bond motifs is 1. The Morgan fingerprint density at radius 1 is 1.25 bits per heavy atom. The fourth-order valence-electron chi connectivity index (χ4n) is 3.41. The standard InChI is InChI=1S/C13H21N5O2/c1-2-9-6-18(7-10(9)14-3-1)13-15-12(16-17-13)11-8-19-4-5-20-11/h9-11,14H,1-8H2,(H,15,16,17). The van der Waals surface area contributed by atoms with Crippen molar-refractivity contribution in [3.8, 4) is 0 Å². The maximum atomic E-state index is 5.64. The Bertz CT molecular complexity index is 445. The molecule has 4 heterocycles. The number of nitrogens with one attached hydrogen (secondary N) is 2. The fourth-order valence-corrected chi connectivity index (χ4v) is 3.41. The molecule has 0 aromatic carbocycles. The van der Waals surface area contributed by atoms with Crippen LogP contribution in [0.3, 0.4) is 0 Å². The molecule has 3 saturated heterocycles. The molecule has 0 aliphatic carbocycles. The van der Waals surface area contributed by atoms with Crippen molar-refractivity contribution in [2.45, 2.75) is 25.0 Å². The summed E-state index contributed by atoms with van der Waals surface area (Å²) in [5.74, 6) is 2.31. The normalized spacial score (nSPS) is 34.2. The number of aromatic amines is 1. The van der Waals surface area contributed by atoms with Gasteiger partial charge >= 0.3 is 0 Å². The molecular weight excluding hydrogens is 258 g/mol. The molecule has 3 aliphatic heterocycles. The van der Waals surface area contributed by atoms with Crippen LogP contribution in [0.1, 0.15) is 24.8 Å². The van der Waals surface area contributed by atoms with Gasteiger partial charge in [0.1, 0.15) is 6.10 Å². The van der Waals surface area contributed by atoms with Crippen molar-refractivity contribution in [2.24, 2.45) is 5.92 Å². The van der Waals surface area contributed by atoms with Crippen LogP contribution in [0.25, 0.3) is 0 Å². The van der Waals surface area contributed by atoms with E-state index in [1.54, 1.807) is 0 Å². The van der Waals surface area contributed by atoms with Crippen LogP contribution >= 0.6 is 0 Å². The molecule has 4 rings (SSSR count). The highest BCUT2D eigenvalue weighted by Crippen LogP contribution is 2.28. The zero-order valence-corrected chi connectivity index (χ0v) is 11.5. The van der Waals surface area contributed by atoms with Crippen LogP contribution in [0, 0.1) is 5.92 Å². The van der Waals surface area contributed by atoms with Gasteiger partial charge in [0.15, 0.2) is 5.82 Å². The number of rotatable bonds is 2. The average Bonchev–Trinajstić information content (AvgIpc) is 3.14. The van der Waals surface area contributed by atoms with Gasteiger partial charge in [0.2, 0.25) is 5.95 Å². The number of anilines is 1. The second kappa shape index (κ2) is 5.31. The Hall–Kier alpha value is -1.18. The lowest BCUT2D eigenvalue weighted by Crippen LogP contribution is -2.40. The van der Waals surface area contributed by atoms with Gasteiger partial charge in [0.05, 0.1) is 19.8 Å². The molecule has 3 atom stereocenters. The van der Waals surface area contributed by atoms with Crippen molar-refractivity contribution in [3.63, 3.8) is 0 Å². The Kier molecular flexibility index (Phi) is 3.33. The van der Waals surface area contributed by atoms with Gasteiger partial charge in [-0.2, -0.15) is 4.98 Å². The highest BCUT2D eigenvalue weighted by atomic mass is 16.6. The Morgan fingerprint density at radius 3 is 3.10 bits per heavy atom. The van der Waals surface area contributed by atoms with Crippen LogP contribution < -0.4 is 10.2 Å². The topological polar surface area (TPSA) is 75.3 Å². The Labute approximate surface area is 118 Å². The van der Waals surface area contributed by atoms with Crippen molar-refractivity contribution in [3.05, 3.63) is 5.82 Å². The van der Waals surface area contributed by atoms with E-state index in [0.29, 0.717) is 25.9 Å². The van der Waals surface area contributed by atoms with Crippen LogP contribution in [0.2, 0.25) is 0 Å². The highest BCUT2D eigenvalue weighted by Gasteiger charge is 2.36. The largest absolute Gasteiger partial charge is 0.376 e. The molecule has 0 saturated carbocycles. The van der Waals surface area contributed by atoms with E-state index >= 15 is 0 Å². The van der Waals surface area contributed by atoms with Crippen LogP contribution in [0.15, 0.2) is 0 Å². The number of hydrogen-bond donors (Lipinski definition) is 2. The van der Waals surface area contributed by atoms with Crippen LogP contribution in [-0.2, 0) is 9.47 Å². The fraction of sp³-hybridized carbons (Fsp3) is 0.846. The molecule has 3 aliphatic rings. The molecule has 1 aromatic heterocycles. The molecule has 1 aromatic rings. The molecular formula is C13H21N5O2. The van der Waals surface area contributed by atoms with Crippen molar-refractivity contribution in [2.75, 3.05) is 44.4 Å². The van der Waals surface area contributed by atoms with Crippen molar-refractivity contribution < 1.29 is 9.47 Å². The van der Waals surface area contributed by atoms with Crippen molar-refractivity contribution >= 4 is 5.95 Å². The number of piperidine rings is 1. The third-order valence-electron chi connectivity index (χ3n) is 4.49. The quantitative estimate of drug-likeness (QED) is 0.798. The average molecular weight is 279 g/mol. The number of aromatic nitrogens is 3. The summed E-state index contributed by atoms with van der Waals surface area (Å²) in [6.07, 6.45) is 2.49. The molecule has 3 unspecified atom stereocenters. The summed E-state index contributed by atoms with van der Waals surface area (Å²) < 4.78 is 11.1. The summed E-state index contributed by atoms with van der Waals surface area (Å²) in [5, 5.41) is 11.0. The minimum Gasteiger partial charge on any atom is -0.376 e. The molecule has 0 spiro atoms. The van der Waals surface area contributed by atoms with Gasteiger partial charge in [-0.15, -0.1) is 5.10 Å². The third kappa shape index (κ3) is 2.30. The second-order valence-electron chi connectivity index (χ2n) is 5.82. The predicted molar refractivity (Wildman–Crippen MR) is 72.6 cm³/mol. The highest BCUT2D eigenvalue weighted by molar-refractivity contribution is 5.32. The van der Waals surface area contributed by atoms with Gasteiger partial charge in [-0.1, -0.05) is 0 Å². The van der Waals surface area contributed by atoms with Crippen LogP contribution in [-0.4, -0.2) is 60.7 Å².